The maximum absolute atomic E-state index is 12.5. The summed E-state index contributed by atoms with van der Waals surface area (Å²) in [6, 6.07) is 25.4. The number of benzene rings is 3. The van der Waals surface area contributed by atoms with E-state index in [4.69, 9.17) is 4.84 Å². The van der Waals surface area contributed by atoms with Crippen LogP contribution in [-0.2, 0) is 9.57 Å². The van der Waals surface area contributed by atoms with Crippen LogP contribution in [-0.4, -0.2) is 23.9 Å². The first-order chi connectivity index (χ1) is 14.9. The molecule has 1 aliphatic rings. The van der Waals surface area contributed by atoms with Crippen LogP contribution in [0.1, 0.15) is 17.2 Å². The molecular weight excluding hydrogens is 407 g/mol. The topological polar surface area (TPSA) is 38.8 Å². The van der Waals surface area contributed by atoms with Gasteiger partial charge in [0.05, 0.1) is 0 Å². The number of alkyl halides is 3. The van der Waals surface area contributed by atoms with Crippen LogP contribution in [0.3, 0.4) is 0 Å². The number of rotatable bonds is 4. The van der Waals surface area contributed by atoms with Crippen molar-refractivity contribution < 1.29 is 27.5 Å². The second-order valence-electron chi connectivity index (χ2n) is 6.92. The summed E-state index contributed by atoms with van der Waals surface area (Å²) >= 11 is 0. The minimum Gasteiger partial charge on any atom is -0.438 e. The first-order valence-corrected chi connectivity index (χ1v) is 9.54. The molecule has 3 aromatic carbocycles. The van der Waals surface area contributed by atoms with Gasteiger partial charge in [0.1, 0.15) is 6.04 Å². The normalized spacial score (nSPS) is 15.9. The van der Waals surface area contributed by atoms with Gasteiger partial charge in [-0.1, -0.05) is 84.9 Å². The van der Waals surface area contributed by atoms with Crippen LogP contribution in [0.2, 0.25) is 0 Å². The van der Waals surface area contributed by atoms with Gasteiger partial charge in [-0.2, -0.15) is 13.2 Å². The molecule has 1 aliphatic heterocycles. The number of hydrogen-bond donors (Lipinski definition) is 0. The van der Waals surface area contributed by atoms with E-state index in [1.165, 1.54) is 0 Å². The Bertz CT molecular complexity index is 1060. The molecule has 1 unspecified atom stereocenters. The number of ether oxygens (including phenoxy) is 1. The molecule has 0 fully saturated rings. The van der Waals surface area contributed by atoms with Gasteiger partial charge < -0.3 is 9.57 Å². The smallest absolute Gasteiger partial charge is 0.438 e. The van der Waals surface area contributed by atoms with Crippen LogP contribution in [0.5, 0.6) is 0 Å². The highest BCUT2D eigenvalue weighted by Gasteiger charge is 2.37. The van der Waals surface area contributed by atoms with Crippen molar-refractivity contribution in [3.63, 3.8) is 0 Å². The summed E-state index contributed by atoms with van der Waals surface area (Å²) in [7, 11) is 0. The zero-order chi connectivity index (χ0) is 21.8. The number of hydrogen-bond acceptors (Lipinski definition) is 3. The zero-order valence-corrected chi connectivity index (χ0v) is 16.3. The number of amides is 1. The molecule has 1 atom stereocenters. The van der Waals surface area contributed by atoms with Crippen molar-refractivity contribution in [1.29, 1.82) is 0 Å². The highest BCUT2D eigenvalue weighted by Crippen LogP contribution is 2.37. The fourth-order valence-corrected chi connectivity index (χ4v) is 3.25. The minimum atomic E-state index is -4.63. The summed E-state index contributed by atoms with van der Waals surface area (Å²) in [5, 5.41) is 0.825. The van der Waals surface area contributed by atoms with Gasteiger partial charge in [-0.15, -0.1) is 5.06 Å². The molecule has 3 aromatic rings. The molecule has 0 radical (unpaired) electrons. The molecule has 4 rings (SSSR count). The number of nitrogens with zero attached hydrogens (tertiary/aromatic N) is 1. The summed E-state index contributed by atoms with van der Waals surface area (Å²) in [5.74, 6) is 0.363. The van der Waals surface area contributed by atoms with Crippen molar-refractivity contribution in [2.45, 2.75) is 12.2 Å². The van der Waals surface area contributed by atoms with Gasteiger partial charge in [0.25, 0.3) is 0 Å². The zero-order valence-electron chi connectivity index (χ0n) is 16.3. The molecule has 0 N–H and O–H groups in total. The lowest BCUT2D eigenvalue weighted by molar-refractivity contribution is -0.171. The summed E-state index contributed by atoms with van der Waals surface area (Å²) in [6.45, 7) is -1.69. The first kappa shape index (κ1) is 20.5. The largest absolute Gasteiger partial charge is 0.444 e. The Labute approximate surface area is 177 Å². The molecule has 1 heterocycles. The molecule has 0 saturated carbocycles. The SMILES string of the molecule is O=C(OCC(F)(F)F)N1OC(c2ccccc2)=CC1c1ccc(-c2ccccc2)cc1. The van der Waals surface area contributed by atoms with E-state index < -0.39 is 24.9 Å². The van der Waals surface area contributed by atoms with E-state index in [1.54, 1.807) is 30.3 Å². The Morgan fingerprint density at radius 1 is 0.839 bits per heavy atom. The number of carbonyl (C=O) groups excluding carboxylic acids is 1. The van der Waals surface area contributed by atoms with Gasteiger partial charge in [0, 0.05) is 5.56 Å². The van der Waals surface area contributed by atoms with Gasteiger partial charge in [-0.25, -0.2) is 4.79 Å². The third kappa shape index (κ3) is 4.88. The third-order valence-electron chi connectivity index (χ3n) is 4.72. The predicted molar refractivity (Wildman–Crippen MR) is 109 cm³/mol. The van der Waals surface area contributed by atoms with Crippen LogP contribution in [0.4, 0.5) is 18.0 Å². The Balaban J connectivity index is 1.62. The fraction of sp³-hybridized carbons (Fsp3) is 0.125. The molecule has 0 aromatic heterocycles. The van der Waals surface area contributed by atoms with E-state index >= 15 is 0 Å². The second kappa shape index (κ2) is 8.55. The molecule has 31 heavy (non-hydrogen) atoms. The van der Waals surface area contributed by atoms with Crippen LogP contribution >= 0.6 is 0 Å². The van der Waals surface area contributed by atoms with Gasteiger partial charge in [-0.3, -0.25) is 0 Å². The molecule has 0 aliphatic carbocycles. The van der Waals surface area contributed by atoms with Gasteiger partial charge in [0.2, 0.25) is 0 Å². The number of halogens is 3. The second-order valence-corrected chi connectivity index (χ2v) is 6.92. The quantitative estimate of drug-likeness (QED) is 0.487. The predicted octanol–water partition coefficient (Wildman–Crippen LogP) is 6.38. The Kier molecular flexibility index (Phi) is 5.66. The lowest BCUT2D eigenvalue weighted by Crippen LogP contribution is -2.33. The fourth-order valence-electron chi connectivity index (χ4n) is 3.25. The van der Waals surface area contributed by atoms with Crippen molar-refractivity contribution in [3.05, 3.63) is 102 Å². The molecule has 158 valence electrons. The van der Waals surface area contributed by atoms with Crippen molar-refractivity contribution in [2.75, 3.05) is 6.61 Å². The average Bonchev–Trinajstić information content (AvgIpc) is 3.24. The maximum Gasteiger partial charge on any atom is 0.444 e. The molecule has 0 spiro atoms. The minimum absolute atomic E-state index is 0.363. The maximum atomic E-state index is 12.5. The van der Waals surface area contributed by atoms with Crippen molar-refractivity contribution >= 4 is 11.9 Å². The van der Waals surface area contributed by atoms with E-state index in [9.17, 15) is 18.0 Å². The van der Waals surface area contributed by atoms with Crippen LogP contribution < -0.4 is 0 Å². The van der Waals surface area contributed by atoms with E-state index in [0.717, 1.165) is 16.2 Å². The lowest BCUT2D eigenvalue weighted by atomic mass is 10.00. The van der Waals surface area contributed by atoms with E-state index in [0.29, 0.717) is 16.9 Å². The van der Waals surface area contributed by atoms with E-state index in [2.05, 4.69) is 4.74 Å². The molecule has 0 bridgehead atoms. The summed E-state index contributed by atoms with van der Waals surface area (Å²) in [5.41, 5.74) is 3.37. The van der Waals surface area contributed by atoms with Crippen molar-refractivity contribution in [1.82, 2.24) is 5.06 Å². The highest BCUT2D eigenvalue weighted by molar-refractivity contribution is 5.73. The van der Waals surface area contributed by atoms with Gasteiger partial charge in [-0.05, 0) is 22.8 Å². The number of carbonyl (C=O) groups is 1. The van der Waals surface area contributed by atoms with Crippen molar-refractivity contribution in [3.8, 4) is 11.1 Å². The van der Waals surface area contributed by atoms with E-state index in [1.807, 2.05) is 60.7 Å². The van der Waals surface area contributed by atoms with Crippen LogP contribution in [0.25, 0.3) is 16.9 Å². The Hall–Kier alpha value is -3.74. The summed E-state index contributed by atoms with van der Waals surface area (Å²) in [4.78, 5) is 18.0. The third-order valence-corrected chi connectivity index (χ3v) is 4.72. The van der Waals surface area contributed by atoms with Crippen molar-refractivity contribution in [2.24, 2.45) is 0 Å². The Morgan fingerprint density at radius 2 is 1.39 bits per heavy atom. The Morgan fingerprint density at radius 3 is 1.97 bits per heavy atom. The standard InChI is InChI=1S/C24H18F3NO3/c25-24(26,27)16-30-23(29)28-21(15-22(31-28)20-9-5-2-6-10-20)19-13-11-18(12-14-19)17-7-3-1-4-8-17/h1-15,21H,16H2. The molecule has 7 heteroatoms. The molecular formula is C24H18F3NO3. The molecule has 1 amide bonds. The van der Waals surface area contributed by atoms with Gasteiger partial charge >= 0.3 is 12.3 Å². The highest BCUT2D eigenvalue weighted by atomic mass is 19.4. The summed E-state index contributed by atoms with van der Waals surface area (Å²) < 4.78 is 42.0. The number of hydroxylamine groups is 2. The van der Waals surface area contributed by atoms with Gasteiger partial charge in [0.15, 0.2) is 12.4 Å². The average molecular weight is 425 g/mol. The lowest BCUT2D eigenvalue weighted by Gasteiger charge is -2.23. The molecule has 0 saturated heterocycles. The van der Waals surface area contributed by atoms with Crippen LogP contribution in [0.15, 0.2) is 91.0 Å². The monoisotopic (exact) mass is 425 g/mol. The van der Waals surface area contributed by atoms with E-state index in [-0.39, 0.29) is 0 Å². The first-order valence-electron chi connectivity index (χ1n) is 9.54. The molecule has 4 nitrogen and oxygen atoms in total. The van der Waals surface area contributed by atoms with Crippen LogP contribution in [0, 0.1) is 0 Å². The summed E-state index contributed by atoms with van der Waals surface area (Å²) in [6.07, 6.45) is -4.16.